The Labute approximate surface area is 170 Å². The highest BCUT2D eigenvalue weighted by Crippen LogP contribution is 2.33. The second kappa shape index (κ2) is 9.28. The van der Waals surface area contributed by atoms with Crippen molar-refractivity contribution < 1.29 is 14.6 Å². The average Bonchev–Trinajstić information content (AvgIpc) is 2.75. The first-order valence-corrected chi connectivity index (χ1v) is 9.69. The minimum Gasteiger partial charge on any atom is -0.494 e. The molecule has 0 atom stereocenters. The number of aromatic nitrogens is 2. The fourth-order valence-corrected chi connectivity index (χ4v) is 3.33. The van der Waals surface area contributed by atoms with Crippen LogP contribution in [0.25, 0.3) is 5.69 Å². The van der Waals surface area contributed by atoms with Gasteiger partial charge in [-0.25, -0.2) is 0 Å². The van der Waals surface area contributed by atoms with Crippen LogP contribution in [0.5, 0.6) is 17.4 Å². The lowest BCUT2D eigenvalue weighted by atomic mass is 10.1. The van der Waals surface area contributed by atoms with Crippen LogP contribution in [0.4, 0.5) is 0 Å². The van der Waals surface area contributed by atoms with E-state index in [4.69, 9.17) is 9.47 Å². The second-order valence-corrected chi connectivity index (χ2v) is 6.75. The van der Waals surface area contributed by atoms with Crippen molar-refractivity contribution in [1.29, 1.82) is 0 Å². The molecule has 3 rings (SSSR count). The van der Waals surface area contributed by atoms with Gasteiger partial charge in [-0.3, -0.25) is 9.36 Å². The van der Waals surface area contributed by atoms with Crippen molar-refractivity contribution in [1.82, 2.24) is 9.55 Å². The lowest BCUT2D eigenvalue weighted by Gasteiger charge is -2.19. The number of rotatable bonds is 8. The van der Waals surface area contributed by atoms with Crippen LogP contribution in [-0.2, 0) is 12.8 Å². The summed E-state index contributed by atoms with van der Waals surface area (Å²) in [6.45, 7) is 2.07. The minimum absolute atomic E-state index is 0.227. The van der Waals surface area contributed by atoms with Gasteiger partial charge in [-0.1, -0.05) is 49.7 Å². The highest BCUT2D eigenvalue weighted by molar-refractivity contribution is 5.58. The van der Waals surface area contributed by atoms with Gasteiger partial charge in [0.05, 0.1) is 19.8 Å². The van der Waals surface area contributed by atoms with Crippen LogP contribution in [0.1, 0.15) is 36.7 Å². The zero-order chi connectivity index (χ0) is 20.8. The zero-order valence-corrected chi connectivity index (χ0v) is 17.0. The third-order valence-corrected chi connectivity index (χ3v) is 4.83. The van der Waals surface area contributed by atoms with Gasteiger partial charge in [0.15, 0.2) is 0 Å². The van der Waals surface area contributed by atoms with E-state index in [1.165, 1.54) is 4.57 Å². The summed E-state index contributed by atoms with van der Waals surface area (Å²) in [5, 5.41) is 10.6. The molecule has 0 aliphatic heterocycles. The molecule has 152 valence electrons. The number of hydrogen-bond acceptors (Lipinski definition) is 5. The summed E-state index contributed by atoms with van der Waals surface area (Å²) in [7, 11) is 3.10. The van der Waals surface area contributed by atoms with Gasteiger partial charge in [-0.15, -0.1) is 0 Å². The molecule has 1 aromatic heterocycles. The van der Waals surface area contributed by atoms with Gasteiger partial charge in [0.2, 0.25) is 5.88 Å². The van der Waals surface area contributed by atoms with Gasteiger partial charge in [-0.2, -0.15) is 4.98 Å². The van der Waals surface area contributed by atoms with E-state index in [2.05, 4.69) is 11.9 Å². The van der Waals surface area contributed by atoms with E-state index in [0.717, 1.165) is 18.4 Å². The molecule has 6 nitrogen and oxygen atoms in total. The van der Waals surface area contributed by atoms with Gasteiger partial charge < -0.3 is 14.6 Å². The average molecular weight is 394 g/mol. The lowest BCUT2D eigenvalue weighted by Crippen LogP contribution is -2.28. The summed E-state index contributed by atoms with van der Waals surface area (Å²) in [5.41, 5.74) is 1.33. The molecule has 0 aliphatic carbocycles. The van der Waals surface area contributed by atoms with Gasteiger partial charge >= 0.3 is 0 Å². The van der Waals surface area contributed by atoms with E-state index in [1.54, 1.807) is 32.4 Å². The molecule has 0 amide bonds. The Hall–Kier alpha value is -3.28. The molecule has 1 N–H and O–H groups in total. The predicted octanol–water partition coefficient (Wildman–Crippen LogP) is 3.89. The zero-order valence-electron chi connectivity index (χ0n) is 17.0. The molecular formula is C23H26N2O4. The van der Waals surface area contributed by atoms with Crippen molar-refractivity contribution in [3.8, 4) is 23.1 Å². The number of aryl methyl sites for hydroxylation is 1. The van der Waals surface area contributed by atoms with Crippen molar-refractivity contribution >= 4 is 0 Å². The summed E-state index contributed by atoms with van der Waals surface area (Å²) in [6.07, 6.45) is 2.60. The smallest absolute Gasteiger partial charge is 0.265 e. The molecule has 2 aromatic carbocycles. The van der Waals surface area contributed by atoms with Crippen LogP contribution in [0.15, 0.2) is 53.3 Å². The molecule has 0 fully saturated rings. The third-order valence-electron chi connectivity index (χ3n) is 4.83. The maximum absolute atomic E-state index is 13.6. The Balaban J connectivity index is 2.27. The van der Waals surface area contributed by atoms with Crippen LogP contribution in [0.2, 0.25) is 0 Å². The Bertz CT molecular complexity index is 1010. The fraction of sp³-hybridized carbons (Fsp3) is 0.304. The minimum atomic E-state index is -0.324. The molecule has 0 unspecified atom stereocenters. The molecule has 0 aliphatic rings. The predicted molar refractivity (Wildman–Crippen MR) is 112 cm³/mol. The molecule has 1 heterocycles. The fourth-order valence-electron chi connectivity index (χ4n) is 3.33. The summed E-state index contributed by atoms with van der Waals surface area (Å²) >= 11 is 0. The first-order chi connectivity index (χ1) is 14.1. The highest BCUT2D eigenvalue weighted by Gasteiger charge is 2.22. The summed E-state index contributed by atoms with van der Waals surface area (Å²) < 4.78 is 12.5. The topological polar surface area (TPSA) is 73.6 Å². The molecule has 29 heavy (non-hydrogen) atoms. The number of unbranched alkanes of at least 4 members (excludes halogenated alkanes) is 1. The van der Waals surface area contributed by atoms with Gasteiger partial charge in [0.1, 0.15) is 23.0 Å². The van der Waals surface area contributed by atoms with Gasteiger partial charge in [-0.05, 0) is 24.1 Å². The second-order valence-electron chi connectivity index (χ2n) is 6.75. The number of hydrogen-bond donors (Lipinski definition) is 1. The standard InChI is InChI=1S/C23H26N2O4/c1-4-5-14-20-24-22(26)17(15-16-10-7-6-8-11-16)23(27)25(20)21-18(28-2)12-9-13-19(21)29-3/h6-13,26H,4-5,14-15H2,1-3H3. The monoisotopic (exact) mass is 394 g/mol. The Morgan fingerprint density at radius 2 is 1.66 bits per heavy atom. The van der Waals surface area contributed by atoms with Crippen molar-refractivity contribution in [3.05, 3.63) is 75.8 Å². The summed E-state index contributed by atoms with van der Waals surface area (Å²) in [6, 6.07) is 14.9. The maximum Gasteiger partial charge on any atom is 0.265 e. The third kappa shape index (κ3) is 4.26. The van der Waals surface area contributed by atoms with E-state index in [1.807, 2.05) is 30.3 Å². The van der Waals surface area contributed by atoms with E-state index in [9.17, 15) is 9.90 Å². The largest absolute Gasteiger partial charge is 0.494 e. The number of aromatic hydroxyl groups is 1. The van der Waals surface area contributed by atoms with Crippen LogP contribution in [0, 0.1) is 0 Å². The van der Waals surface area contributed by atoms with Crippen LogP contribution < -0.4 is 15.0 Å². The maximum atomic E-state index is 13.6. The highest BCUT2D eigenvalue weighted by atomic mass is 16.5. The lowest BCUT2D eigenvalue weighted by molar-refractivity contribution is 0.387. The van der Waals surface area contributed by atoms with E-state index in [0.29, 0.717) is 29.4 Å². The first-order valence-electron chi connectivity index (χ1n) is 9.69. The van der Waals surface area contributed by atoms with Gasteiger partial charge in [0, 0.05) is 12.8 Å². The Morgan fingerprint density at radius 1 is 1.00 bits per heavy atom. The van der Waals surface area contributed by atoms with Crippen LogP contribution in [-0.4, -0.2) is 28.9 Å². The Morgan fingerprint density at radius 3 is 2.24 bits per heavy atom. The van der Waals surface area contributed by atoms with Crippen molar-refractivity contribution in [3.63, 3.8) is 0 Å². The summed E-state index contributed by atoms with van der Waals surface area (Å²) in [4.78, 5) is 18.0. The number of para-hydroxylation sites is 1. The molecule has 0 radical (unpaired) electrons. The van der Waals surface area contributed by atoms with Crippen LogP contribution >= 0.6 is 0 Å². The van der Waals surface area contributed by atoms with Crippen LogP contribution in [0.3, 0.4) is 0 Å². The molecule has 0 bridgehead atoms. The number of nitrogens with zero attached hydrogens (tertiary/aromatic N) is 2. The van der Waals surface area contributed by atoms with E-state index >= 15 is 0 Å². The summed E-state index contributed by atoms with van der Waals surface area (Å²) in [5.74, 6) is 1.26. The van der Waals surface area contributed by atoms with Crippen molar-refractivity contribution in [2.24, 2.45) is 0 Å². The van der Waals surface area contributed by atoms with Crippen molar-refractivity contribution in [2.45, 2.75) is 32.6 Å². The molecular weight excluding hydrogens is 368 g/mol. The normalized spacial score (nSPS) is 10.7. The van der Waals surface area contributed by atoms with E-state index < -0.39 is 0 Å². The van der Waals surface area contributed by atoms with Gasteiger partial charge in [0.25, 0.3) is 5.56 Å². The number of ether oxygens (including phenoxy) is 2. The molecule has 6 heteroatoms. The molecule has 0 saturated carbocycles. The Kier molecular flexibility index (Phi) is 6.54. The quantitative estimate of drug-likeness (QED) is 0.627. The first kappa shape index (κ1) is 20.5. The van der Waals surface area contributed by atoms with Crippen molar-refractivity contribution in [2.75, 3.05) is 14.2 Å². The molecule has 0 saturated heterocycles. The SMILES string of the molecule is CCCCc1nc(O)c(Cc2ccccc2)c(=O)n1-c1c(OC)cccc1OC. The number of benzene rings is 2. The van der Waals surface area contributed by atoms with E-state index in [-0.39, 0.29) is 23.4 Å². The molecule has 3 aromatic rings. The molecule has 0 spiro atoms. The number of methoxy groups -OCH3 is 2.